The minimum Gasteiger partial charge on any atom is -0.748 e. The molecule has 0 rings (SSSR count). The molecule has 0 aliphatic heterocycles. The molecule has 4 nitrogen and oxygen atoms in total. The molecule has 0 bridgehead atoms. The first-order valence-electron chi connectivity index (χ1n) is 9.41. The Morgan fingerprint density at radius 1 is 0.708 bits per heavy atom. The van der Waals surface area contributed by atoms with Gasteiger partial charge < -0.3 is 4.55 Å². The van der Waals surface area contributed by atoms with Crippen LogP contribution in [0.25, 0.3) is 0 Å². The number of unbranched alkanes of at least 4 members (excludes halogenated alkanes) is 13. The third kappa shape index (κ3) is 22.6. The van der Waals surface area contributed by atoms with Crippen LogP contribution in [-0.2, 0) is 14.9 Å². The van der Waals surface area contributed by atoms with E-state index in [0.29, 0.717) is 6.42 Å². The first-order chi connectivity index (χ1) is 11.0. The van der Waals surface area contributed by atoms with Gasteiger partial charge in [-0.05, 0) is 6.42 Å². The van der Waals surface area contributed by atoms with Crippen molar-refractivity contribution < 1.29 is 47.3 Å². The summed E-state index contributed by atoms with van der Waals surface area (Å²) >= 11 is 0. The molecule has 0 atom stereocenters. The third-order valence-electron chi connectivity index (χ3n) is 4.15. The van der Waals surface area contributed by atoms with Crippen molar-refractivity contribution in [3.05, 3.63) is 0 Å². The molecule has 0 saturated heterocycles. The van der Waals surface area contributed by atoms with Crippen LogP contribution in [0.1, 0.15) is 103 Å². The van der Waals surface area contributed by atoms with E-state index in [-0.39, 0.29) is 36.0 Å². The predicted octanol–water partition coefficient (Wildman–Crippen LogP) is 1.98. The molecule has 0 N–H and O–H groups in total. The van der Waals surface area contributed by atoms with Crippen molar-refractivity contribution in [2.24, 2.45) is 0 Å². The van der Waals surface area contributed by atoms with Gasteiger partial charge in [0.1, 0.15) is 15.9 Å². The normalized spacial score (nSPS) is 11.2. The summed E-state index contributed by atoms with van der Waals surface area (Å²) in [6.07, 6.45) is 17.6. The van der Waals surface area contributed by atoms with E-state index < -0.39 is 21.7 Å². The molecule has 6 heteroatoms. The van der Waals surface area contributed by atoms with Gasteiger partial charge in [-0.15, -0.1) is 0 Å². The van der Waals surface area contributed by atoms with Gasteiger partial charge in [0.25, 0.3) is 0 Å². The molecule has 0 aromatic heterocycles. The van der Waals surface area contributed by atoms with Crippen LogP contribution >= 0.6 is 0 Å². The zero-order chi connectivity index (χ0) is 17.4. The number of hydrogen-bond donors (Lipinski definition) is 0. The molecule has 0 amide bonds. The average Bonchev–Trinajstić information content (AvgIpc) is 2.46. The van der Waals surface area contributed by atoms with Crippen LogP contribution in [0.3, 0.4) is 0 Å². The number of hydrogen-bond acceptors (Lipinski definition) is 4. The monoisotopic (exact) mass is 370 g/mol. The smallest absolute Gasteiger partial charge is 0.748 e. The molecule has 0 aromatic rings. The van der Waals surface area contributed by atoms with Crippen LogP contribution in [0.4, 0.5) is 0 Å². The Morgan fingerprint density at radius 2 is 1.04 bits per heavy atom. The molecular weight excluding hydrogens is 335 g/mol. The summed E-state index contributed by atoms with van der Waals surface area (Å²) in [7, 11) is -4.39. The summed E-state index contributed by atoms with van der Waals surface area (Å²) in [5.41, 5.74) is 0. The van der Waals surface area contributed by atoms with E-state index in [1.54, 1.807) is 0 Å². The van der Waals surface area contributed by atoms with Gasteiger partial charge in [-0.2, -0.15) is 0 Å². The fraction of sp³-hybridized carbons (Fsp3) is 0.944. The number of carbonyl (C=O) groups is 1. The van der Waals surface area contributed by atoms with Gasteiger partial charge in [-0.3, -0.25) is 4.79 Å². The molecule has 24 heavy (non-hydrogen) atoms. The van der Waals surface area contributed by atoms with Crippen molar-refractivity contribution in [1.29, 1.82) is 0 Å². The summed E-state index contributed by atoms with van der Waals surface area (Å²) in [5.74, 6) is -1.29. The molecule has 0 aliphatic rings. The topological polar surface area (TPSA) is 74.3 Å². The van der Waals surface area contributed by atoms with E-state index in [0.717, 1.165) is 12.8 Å². The molecular formula is C18H35NaO4S. The maximum atomic E-state index is 11.2. The van der Waals surface area contributed by atoms with Gasteiger partial charge in [-0.25, -0.2) is 8.42 Å². The molecule has 0 spiro atoms. The van der Waals surface area contributed by atoms with Gasteiger partial charge in [-0.1, -0.05) is 90.4 Å². The standard InChI is InChI=1S/C18H36O4S.Na/c1-2-3-4-5-6-7-8-9-10-11-12-13-14-15-16-18(19)17-23(20,21)22;/h2-17H2,1H3,(H,20,21,22);/q;+1/p-1. The van der Waals surface area contributed by atoms with Crippen molar-refractivity contribution >= 4 is 15.9 Å². The van der Waals surface area contributed by atoms with E-state index in [2.05, 4.69) is 6.92 Å². The summed E-state index contributed by atoms with van der Waals surface area (Å²) in [5, 5.41) is 0. The third-order valence-corrected chi connectivity index (χ3v) is 4.82. The van der Waals surface area contributed by atoms with Crippen molar-refractivity contribution in [3.63, 3.8) is 0 Å². The molecule has 0 heterocycles. The fourth-order valence-corrected chi connectivity index (χ4v) is 3.32. The first kappa shape index (κ1) is 26.8. The largest absolute Gasteiger partial charge is 1.00 e. The van der Waals surface area contributed by atoms with Crippen LogP contribution in [0.5, 0.6) is 0 Å². The molecule has 0 aromatic carbocycles. The average molecular weight is 371 g/mol. The Labute approximate surface area is 171 Å². The number of ketones is 1. The second-order valence-corrected chi connectivity index (χ2v) is 7.99. The Bertz CT molecular complexity index is 382. The second-order valence-electron chi connectivity index (χ2n) is 6.59. The second kappa shape index (κ2) is 18.4. The van der Waals surface area contributed by atoms with Gasteiger partial charge in [0.2, 0.25) is 0 Å². The Hall–Kier alpha value is 0.580. The Morgan fingerprint density at radius 3 is 1.38 bits per heavy atom. The molecule has 0 saturated carbocycles. The molecule has 138 valence electrons. The molecule has 0 aliphatic carbocycles. The van der Waals surface area contributed by atoms with Gasteiger partial charge >= 0.3 is 29.6 Å². The summed E-state index contributed by atoms with van der Waals surface area (Å²) < 4.78 is 31.2. The maximum absolute atomic E-state index is 11.2. The van der Waals surface area contributed by atoms with Gasteiger partial charge in [0.05, 0.1) is 5.75 Å². The number of rotatable bonds is 17. The van der Waals surface area contributed by atoms with Crippen LogP contribution in [0.2, 0.25) is 0 Å². The molecule has 0 unspecified atom stereocenters. The van der Waals surface area contributed by atoms with Crippen LogP contribution in [-0.4, -0.2) is 24.5 Å². The summed E-state index contributed by atoms with van der Waals surface area (Å²) in [6, 6.07) is 0. The van der Waals surface area contributed by atoms with Gasteiger partial charge in [0, 0.05) is 6.42 Å². The Balaban J connectivity index is 0. The number of Topliss-reactive ketones (excluding diaryl/α,β-unsaturated/α-hetero) is 1. The van der Waals surface area contributed by atoms with Crippen LogP contribution in [0, 0.1) is 0 Å². The van der Waals surface area contributed by atoms with E-state index in [1.807, 2.05) is 0 Å². The Kier molecular flexibility index (Phi) is 20.5. The van der Waals surface area contributed by atoms with E-state index in [9.17, 15) is 17.8 Å². The number of carbonyl (C=O) groups excluding carboxylic acids is 1. The van der Waals surface area contributed by atoms with Crippen molar-refractivity contribution in [1.82, 2.24) is 0 Å². The minimum atomic E-state index is -4.39. The van der Waals surface area contributed by atoms with E-state index in [1.165, 1.54) is 70.6 Å². The van der Waals surface area contributed by atoms with Crippen molar-refractivity contribution in [2.45, 2.75) is 103 Å². The summed E-state index contributed by atoms with van der Waals surface area (Å²) in [6.45, 7) is 2.24. The fourth-order valence-electron chi connectivity index (χ4n) is 2.79. The zero-order valence-electron chi connectivity index (χ0n) is 15.9. The van der Waals surface area contributed by atoms with Crippen LogP contribution < -0.4 is 29.6 Å². The quantitative estimate of drug-likeness (QED) is 0.223. The minimum absolute atomic E-state index is 0. The van der Waals surface area contributed by atoms with Crippen molar-refractivity contribution in [3.8, 4) is 0 Å². The molecule has 0 radical (unpaired) electrons. The zero-order valence-corrected chi connectivity index (χ0v) is 18.7. The summed E-state index contributed by atoms with van der Waals surface area (Å²) in [4.78, 5) is 11.2. The molecule has 0 fully saturated rings. The van der Waals surface area contributed by atoms with E-state index >= 15 is 0 Å². The SMILES string of the molecule is CCCCCCCCCCCCCCCCC(=O)CS(=O)(=O)[O-].[Na+]. The first-order valence-corrected chi connectivity index (χ1v) is 11.0. The van der Waals surface area contributed by atoms with E-state index in [4.69, 9.17) is 0 Å². The van der Waals surface area contributed by atoms with Crippen molar-refractivity contribution in [2.75, 3.05) is 5.75 Å². The van der Waals surface area contributed by atoms with Gasteiger partial charge in [0.15, 0.2) is 0 Å². The van der Waals surface area contributed by atoms with Crippen LogP contribution in [0.15, 0.2) is 0 Å². The maximum Gasteiger partial charge on any atom is 1.00 e. The predicted molar refractivity (Wildman–Crippen MR) is 94.5 cm³/mol.